The first kappa shape index (κ1) is 21.4. The van der Waals surface area contributed by atoms with Crippen LogP contribution in [0.15, 0.2) is 12.2 Å². The number of aliphatic hydroxyl groups excluding tert-OH is 2. The number of carboxylic acids is 1. The van der Waals surface area contributed by atoms with Gasteiger partial charge < -0.3 is 15.3 Å². The van der Waals surface area contributed by atoms with Gasteiger partial charge in [0.2, 0.25) is 0 Å². The fraction of sp³-hybridized carbons (Fsp3) is 0.850. The Morgan fingerprint density at radius 1 is 1.08 bits per heavy atom. The Balaban J connectivity index is 1.71. The van der Waals surface area contributed by atoms with Gasteiger partial charge in [0.1, 0.15) is 6.10 Å². The number of fused-ring (bicyclic) bond motifs is 2. The molecule has 0 aromatic heterocycles. The van der Waals surface area contributed by atoms with Crippen LogP contribution in [-0.2, 0) is 14.6 Å². The molecule has 0 amide bonds. The number of aliphatic hydroxyl groups is 2. The predicted molar refractivity (Wildman–Crippen MR) is 97.4 cm³/mol. The quantitative estimate of drug-likeness (QED) is 0.262. The minimum atomic E-state index is -0.721. The van der Waals surface area contributed by atoms with Crippen LogP contribution >= 0.6 is 0 Å². The molecule has 26 heavy (non-hydrogen) atoms. The van der Waals surface area contributed by atoms with E-state index in [0.29, 0.717) is 18.8 Å². The van der Waals surface area contributed by atoms with E-state index in [1.54, 1.807) is 6.92 Å². The average molecular weight is 370 g/mol. The molecule has 6 nitrogen and oxygen atoms in total. The van der Waals surface area contributed by atoms with Crippen molar-refractivity contribution >= 4 is 5.97 Å². The number of rotatable bonds is 13. The summed E-state index contributed by atoms with van der Waals surface area (Å²) < 4.78 is 0. The smallest absolute Gasteiger partial charge is 0.303 e. The molecule has 6 heteroatoms. The van der Waals surface area contributed by atoms with Crippen LogP contribution in [0.4, 0.5) is 0 Å². The van der Waals surface area contributed by atoms with Crippen molar-refractivity contribution < 1.29 is 29.9 Å². The van der Waals surface area contributed by atoms with E-state index < -0.39 is 12.1 Å². The van der Waals surface area contributed by atoms with Gasteiger partial charge in [-0.25, -0.2) is 9.78 Å². The highest BCUT2D eigenvalue weighted by molar-refractivity contribution is 5.66. The number of aliphatic carboxylic acids is 1. The molecule has 0 aromatic rings. The Morgan fingerprint density at radius 3 is 2.54 bits per heavy atom. The first-order chi connectivity index (χ1) is 12.5. The van der Waals surface area contributed by atoms with Gasteiger partial charge in [0.25, 0.3) is 0 Å². The summed E-state index contributed by atoms with van der Waals surface area (Å²) in [6, 6.07) is 0. The number of carbonyl (C=O) groups is 1. The standard InChI is InChI=1S/C20H34O6/c1-14(21)7-6-8-15(22)11-12-17-16(18-13-19(17)26-25-18)9-4-2-3-5-10-20(23)24/h11-12,14-19,21-22H,2-10,13H2,1H3,(H,23,24)/b12-11+. The molecule has 2 rings (SSSR count). The lowest BCUT2D eigenvalue weighted by Gasteiger charge is -2.28. The highest BCUT2D eigenvalue weighted by atomic mass is 17.2. The van der Waals surface area contributed by atoms with Crippen LogP contribution in [0.25, 0.3) is 0 Å². The van der Waals surface area contributed by atoms with E-state index in [-0.39, 0.29) is 30.7 Å². The second kappa shape index (κ2) is 11.0. The van der Waals surface area contributed by atoms with Gasteiger partial charge in [-0.1, -0.05) is 31.4 Å². The Morgan fingerprint density at radius 2 is 1.81 bits per heavy atom. The lowest BCUT2D eigenvalue weighted by Crippen LogP contribution is -2.29. The number of hydrogen-bond acceptors (Lipinski definition) is 5. The van der Waals surface area contributed by atoms with Crippen molar-refractivity contribution in [3.05, 3.63) is 12.2 Å². The topological polar surface area (TPSA) is 96.2 Å². The van der Waals surface area contributed by atoms with Gasteiger partial charge in [-0.15, -0.1) is 0 Å². The van der Waals surface area contributed by atoms with Crippen LogP contribution < -0.4 is 0 Å². The summed E-state index contributed by atoms with van der Waals surface area (Å²) >= 11 is 0. The third-order valence-corrected chi connectivity index (χ3v) is 5.52. The summed E-state index contributed by atoms with van der Waals surface area (Å²) in [4.78, 5) is 21.3. The van der Waals surface area contributed by atoms with Crippen molar-refractivity contribution in [3.63, 3.8) is 0 Å². The van der Waals surface area contributed by atoms with Crippen molar-refractivity contribution in [2.24, 2.45) is 11.8 Å². The molecule has 2 fully saturated rings. The van der Waals surface area contributed by atoms with Crippen molar-refractivity contribution in [1.82, 2.24) is 0 Å². The van der Waals surface area contributed by atoms with Crippen molar-refractivity contribution in [2.45, 2.75) is 95.5 Å². The number of carboxylic acid groups (broad SMARTS) is 1. The molecule has 3 N–H and O–H groups in total. The third kappa shape index (κ3) is 6.99. The lowest BCUT2D eigenvalue weighted by molar-refractivity contribution is -0.337. The molecule has 6 unspecified atom stereocenters. The largest absolute Gasteiger partial charge is 0.481 e. The highest BCUT2D eigenvalue weighted by Crippen LogP contribution is 2.45. The number of hydrogen-bond donors (Lipinski definition) is 3. The molecule has 1 aliphatic heterocycles. The van der Waals surface area contributed by atoms with Gasteiger partial charge in [0.15, 0.2) is 0 Å². The minimum absolute atomic E-state index is 0.0814. The molecule has 6 atom stereocenters. The van der Waals surface area contributed by atoms with Gasteiger partial charge in [-0.2, -0.15) is 0 Å². The summed E-state index contributed by atoms with van der Waals surface area (Å²) in [6.07, 6.45) is 11.6. The molecule has 0 aromatic carbocycles. The van der Waals surface area contributed by atoms with Gasteiger partial charge in [0, 0.05) is 18.8 Å². The zero-order chi connectivity index (χ0) is 18.9. The van der Waals surface area contributed by atoms with Crippen LogP contribution in [0.5, 0.6) is 0 Å². The number of unbranched alkanes of at least 4 members (excludes halogenated alkanes) is 3. The minimum Gasteiger partial charge on any atom is -0.481 e. The molecular formula is C20H34O6. The van der Waals surface area contributed by atoms with E-state index in [9.17, 15) is 15.0 Å². The molecular weight excluding hydrogens is 336 g/mol. The molecule has 0 radical (unpaired) electrons. The van der Waals surface area contributed by atoms with E-state index in [2.05, 4.69) is 6.08 Å². The fourth-order valence-electron chi connectivity index (χ4n) is 4.07. The fourth-order valence-corrected chi connectivity index (χ4v) is 4.07. The zero-order valence-corrected chi connectivity index (χ0v) is 15.8. The van der Waals surface area contributed by atoms with Gasteiger partial charge >= 0.3 is 5.97 Å². The first-order valence-corrected chi connectivity index (χ1v) is 10.1. The van der Waals surface area contributed by atoms with E-state index >= 15 is 0 Å². The third-order valence-electron chi connectivity index (χ3n) is 5.52. The summed E-state index contributed by atoms with van der Waals surface area (Å²) in [6.45, 7) is 1.76. The van der Waals surface area contributed by atoms with Crippen LogP contribution in [0.1, 0.15) is 71.1 Å². The molecule has 2 aliphatic rings. The summed E-state index contributed by atoms with van der Waals surface area (Å²) in [7, 11) is 0. The Hall–Kier alpha value is -0.950. The zero-order valence-electron chi connectivity index (χ0n) is 15.8. The molecule has 1 heterocycles. The van der Waals surface area contributed by atoms with E-state index in [1.807, 2.05) is 6.08 Å². The van der Waals surface area contributed by atoms with Gasteiger partial charge in [0.05, 0.1) is 18.3 Å². The van der Waals surface area contributed by atoms with Crippen molar-refractivity contribution in [3.8, 4) is 0 Å². The highest BCUT2D eigenvalue weighted by Gasteiger charge is 2.49. The lowest BCUT2D eigenvalue weighted by atomic mass is 9.87. The monoisotopic (exact) mass is 370 g/mol. The average Bonchev–Trinajstić information content (AvgIpc) is 3.17. The maximum Gasteiger partial charge on any atom is 0.303 e. The molecule has 1 saturated heterocycles. The first-order valence-electron chi connectivity index (χ1n) is 10.1. The molecule has 0 spiro atoms. The van der Waals surface area contributed by atoms with Crippen LogP contribution in [0.2, 0.25) is 0 Å². The SMILES string of the molecule is CC(O)CCCC(O)/C=C/C1C2CC(OO2)C1CCCCCCC(=O)O. The van der Waals surface area contributed by atoms with Crippen LogP contribution in [0.3, 0.4) is 0 Å². The molecule has 1 aliphatic carbocycles. The van der Waals surface area contributed by atoms with E-state index in [1.165, 1.54) is 0 Å². The second-order valence-corrected chi connectivity index (χ2v) is 7.83. The second-order valence-electron chi connectivity index (χ2n) is 7.83. The van der Waals surface area contributed by atoms with Gasteiger partial charge in [-0.3, -0.25) is 4.79 Å². The molecule has 2 bridgehead atoms. The summed E-state index contributed by atoms with van der Waals surface area (Å²) in [5, 5.41) is 28.0. The van der Waals surface area contributed by atoms with E-state index in [4.69, 9.17) is 14.9 Å². The molecule has 1 saturated carbocycles. The maximum absolute atomic E-state index is 10.5. The van der Waals surface area contributed by atoms with Crippen LogP contribution in [0, 0.1) is 11.8 Å². The Kier molecular flexibility index (Phi) is 9.05. The normalized spacial score (nSPS) is 30.1. The maximum atomic E-state index is 10.5. The van der Waals surface area contributed by atoms with Crippen molar-refractivity contribution in [2.75, 3.05) is 0 Å². The van der Waals surface area contributed by atoms with E-state index in [0.717, 1.165) is 44.9 Å². The molecule has 150 valence electrons. The van der Waals surface area contributed by atoms with Crippen LogP contribution in [-0.4, -0.2) is 45.7 Å². The van der Waals surface area contributed by atoms with Gasteiger partial charge in [-0.05, 0) is 44.9 Å². The summed E-state index contributed by atoms with van der Waals surface area (Å²) in [5.41, 5.74) is 0. The Bertz CT molecular complexity index is 450. The summed E-state index contributed by atoms with van der Waals surface area (Å²) in [5.74, 6) is -0.0332. The van der Waals surface area contributed by atoms with Crippen molar-refractivity contribution in [1.29, 1.82) is 0 Å². The predicted octanol–water partition coefficient (Wildman–Crippen LogP) is 3.21. The Labute approximate surface area is 156 Å².